The van der Waals surface area contributed by atoms with Gasteiger partial charge in [-0.1, -0.05) is 151 Å². The molecule has 0 fully saturated rings. The summed E-state index contributed by atoms with van der Waals surface area (Å²) in [6.45, 7) is 5.49. The standard InChI is InChI=1S/C42H60N2O3/c1-3-5-6-7-8-9-10-11-12-13-14-15-16-18-22-29-36-44(42(46)47-4-2)41(45)34-23-20-17-19-21-28-35-43-39-32-26-24-30-37(39)38-31-25-27-33-40(38)43/h24-27,30-33,41,45H,3-16,18,20,22-23,29,34-36H2,1-2H3. The predicted molar refractivity (Wildman–Crippen MR) is 198 cm³/mol. The number of unbranched alkanes of at least 4 members (excludes halogenated alkanes) is 16. The Morgan fingerprint density at radius 2 is 1.19 bits per heavy atom. The fourth-order valence-electron chi connectivity index (χ4n) is 6.37. The highest BCUT2D eigenvalue weighted by Crippen LogP contribution is 2.28. The minimum Gasteiger partial charge on any atom is -0.450 e. The van der Waals surface area contributed by atoms with E-state index in [1.54, 1.807) is 6.92 Å². The molecular formula is C42H60N2O3. The van der Waals surface area contributed by atoms with Gasteiger partial charge in [-0.15, -0.1) is 0 Å². The van der Waals surface area contributed by atoms with Gasteiger partial charge in [-0.2, -0.15) is 0 Å². The first kappa shape index (κ1) is 38.0. The quantitative estimate of drug-likeness (QED) is 0.0637. The number of benzene rings is 2. The molecule has 0 saturated heterocycles. The van der Waals surface area contributed by atoms with Crippen molar-refractivity contribution in [1.29, 1.82) is 0 Å². The zero-order valence-corrected chi connectivity index (χ0v) is 29.4. The van der Waals surface area contributed by atoms with E-state index in [4.69, 9.17) is 4.74 Å². The normalized spacial score (nSPS) is 11.6. The van der Waals surface area contributed by atoms with E-state index in [9.17, 15) is 9.90 Å². The van der Waals surface area contributed by atoms with Crippen LogP contribution in [0.5, 0.6) is 0 Å². The summed E-state index contributed by atoms with van der Waals surface area (Å²) in [5.74, 6) is 12.3. The van der Waals surface area contributed by atoms with E-state index < -0.39 is 12.3 Å². The smallest absolute Gasteiger partial charge is 0.411 e. The van der Waals surface area contributed by atoms with Crippen molar-refractivity contribution in [2.24, 2.45) is 0 Å². The third-order valence-electron chi connectivity index (χ3n) is 9.04. The molecule has 1 unspecified atom stereocenters. The minimum absolute atomic E-state index is 0.305. The van der Waals surface area contributed by atoms with E-state index in [-0.39, 0.29) is 0 Å². The van der Waals surface area contributed by atoms with Crippen LogP contribution in [0.15, 0.2) is 48.5 Å². The van der Waals surface area contributed by atoms with Crippen LogP contribution in [0.1, 0.15) is 136 Å². The second-order valence-corrected chi connectivity index (χ2v) is 12.8. The summed E-state index contributed by atoms with van der Waals surface area (Å²) in [4.78, 5) is 14.0. The maximum absolute atomic E-state index is 12.5. The Hall–Kier alpha value is -3.41. The summed E-state index contributed by atoms with van der Waals surface area (Å²) >= 11 is 0. The number of ether oxygens (including phenoxy) is 1. The third-order valence-corrected chi connectivity index (χ3v) is 9.04. The molecule has 0 aliphatic carbocycles. The highest BCUT2D eigenvalue weighted by atomic mass is 16.6. The van der Waals surface area contributed by atoms with Crippen molar-refractivity contribution < 1.29 is 14.6 Å². The molecule has 0 aliphatic heterocycles. The van der Waals surface area contributed by atoms with Gasteiger partial charge in [0.05, 0.1) is 13.2 Å². The molecule has 1 amide bonds. The van der Waals surface area contributed by atoms with E-state index in [1.807, 2.05) is 0 Å². The molecule has 5 heteroatoms. The van der Waals surface area contributed by atoms with Gasteiger partial charge >= 0.3 is 6.09 Å². The average molecular weight is 641 g/mol. The van der Waals surface area contributed by atoms with Gasteiger partial charge in [-0.05, 0) is 50.2 Å². The number of amides is 1. The molecule has 3 aromatic rings. The number of carbonyl (C=O) groups excluding carboxylic acids is 1. The van der Waals surface area contributed by atoms with Gasteiger partial charge in [-0.25, -0.2) is 4.79 Å². The summed E-state index contributed by atoms with van der Waals surface area (Å²) in [6, 6.07) is 16.8. The van der Waals surface area contributed by atoms with Gasteiger partial charge in [0.15, 0.2) is 0 Å². The molecule has 2 aromatic carbocycles. The second-order valence-electron chi connectivity index (χ2n) is 12.8. The molecule has 256 valence electrons. The van der Waals surface area contributed by atoms with E-state index >= 15 is 0 Å². The molecule has 0 bridgehead atoms. The lowest BCUT2D eigenvalue weighted by Crippen LogP contribution is -2.41. The number of aliphatic hydroxyl groups excluding tert-OH is 1. The Morgan fingerprint density at radius 3 is 1.72 bits per heavy atom. The van der Waals surface area contributed by atoms with Crippen molar-refractivity contribution in [1.82, 2.24) is 9.47 Å². The summed E-state index contributed by atoms with van der Waals surface area (Å²) in [7, 11) is 0. The molecule has 0 saturated carbocycles. The van der Waals surface area contributed by atoms with Crippen LogP contribution in [-0.4, -0.2) is 40.0 Å². The molecule has 1 atom stereocenters. The van der Waals surface area contributed by atoms with Crippen molar-refractivity contribution >= 4 is 27.9 Å². The first-order chi connectivity index (χ1) is 23.2. The summed E-state index contributed by atoms with van der Waals surface area (Å²) in [5, 5.41) is 13.3. The van der Waals surface area contributed by atoms with Gasteiger partial charge < -0.3 is 14.4 Å². The minimum atomic E-state index is -0.853. The topological polar surface area (TPSA) is 54.7 Å². The van der Waals surface area contributed by atoms with Crippen molar-refractivity contribution in [3.63, 3.8) is 0 Å². The Balaban J connectivity index is 1.28. The third kappa shape index (κ3) is 14.1. The number of hydrogen-bond donors (Lipinski definition) is 1. The van der Waals surface area contributed by atoms with E-state index in [1.165, 1.54) is 117 Å². The van der Waals surface area contributed by atoms with Crippen LogP contribution in [0.4, 0.5) is 4.79 Å². The fourth-order valence-corrected chi connectivity index (χ4v) is 6.37. The molecule has 47 heavy (non-hydrogen) atoms. The fraction of sp³-hybridized carbons (Fsp3) is 0.595. The van der Waals surface area contributed by atoms with Gasteiger partial charge in [0.25, 0.3) is 0 Å². The maximum atomic E-state index is 12.5. The van der Waals surface area contributed by atoms with Crippen LogP contribution in [0, 0.1) is 23.7 Å². The molecule has 3 rings (SSSR count). The second kappa shape index (κ2) is 23.8. The van der Waals surface area contributed by atoms with Crippen LogP contribution in [0.25, 0.3) is 21.8 Å². The molecule has 1 N–H and O–H groups in total. The Morgan fingerprint density at radius 1 is 0.702 bits per heavy atom. The monoisotopic (exact) mass is 640 g/mol. The van der Waals surface area contributed by atoms with Crippen LogP contribution in [0.3, 0.4) is 0 Å². The molecule has 0 aliphatic rings. The zero-order valence-electron chi connectivity index (χ0n) is 29.4. The number of para-hydroxylation sites is 2. The number of carbonyl (C=O) groups is 1. The molecule has 1 aromatic heterocycles. The SMILES string of the molecule is CCCCCCCCCCCCCCCCCCN(C(=O)OCC)C(O)CCCC#CC#CCn1c2ccccc2c2ccccc21. The van der Waals surface area contributed by atoms with Crippen LogP contribution >= 0.6 is 0 Å². The van der Waals surface area contributed by atoms with Crippen LogP contribution in [0.2, 0.25) is 0 Å². The van der Waals surface area contributed by atoms with E-state index in [2.05, 4.69) is 83.7 Å². The molecule has 1 heterocycles. The number of aliphatic hydroxyl groups is 1. The van der Waals surface area contributed by atoms with Crippen molar-refractivity contribution in [3.8, 4) is 23.7 Å². The number of hydrogen-bond acceptors (Lipinski definition) is 3. The summed E-state index contributed by atoms with van der Waals surface area (Å²) in [5.41, 5.74) is 2.35. The van der Waals surface area contributed by atoms with Crippen LogP contribution < -0.4 is 0 Å². The number of rotatable bonds is 23. The number of fused-ring (bicyclic) bond motifs is 3. The predicted octanol–water partition coefficient (Wildman–Crippen LogP) is 11.0. The Kier molecular flexibility index (Phi) is 19.3. The highest BCUT2D eigenvalue weighted by Gasteiger charge is 2.22. The zero-order chi connectivity index (χ0) is 33.4. The van der Waals surface area contributed by atoms with Crippen molar-refractivity contribution in [2.75, 3.05) is 13.2 Å². The lowest BCUT2D eigenvalue weighted by molar-refractivity contribution is -0.00544. The van der Waals surface area contributed by atoms with Gasteiger partial charge in [0, 0.05) is 34.8 Å². The molecule has 0 spiro atoms. The number of nitrogens with zero attached hydrogens (tertiary/aromatic N) is 2. The highest BCUT2D eigenvalue weighted by molar-refractivity contribution is 6.08. The number of aromatic nitrogens is 1. The van der Waals surface area contributed by atoms with Crippen molar-refractivity contribution in [2.45, 2.75) is 149 Å². The first-order valence-corrected chi connectivity index (χ1v) is 18.7. The van der Waals surface area contributed by atoms with Gasteiger partial charge in [0.1, 0.15) is 6.23 Å². The molecule has 0 radical (unpaired) electrons. The molecule has 5 nitrogen and oxygen atoms in total. The van der Waals surface area contributed by atoms with Gasteiger partial charge in [0.2, 0.25) is 0 Å². The maximum Gasteiger partial charge on any atom is 0.411 e. The van der Waals surface area contributed by atoms with E-state index in [0.717, 1.165) is 12.8 Å². The average Bonchev–Trinajstić information content (AvgIpc) is 3.40. The lowest BCUT2D eigenvalue weighted by Gasteiger charge is -2.27. The largest absolute Gasteiger partial charge is 0.450 e. The summed E-state index contributed by atoms with van der Waals surface area (Å²) < 4.78 is 7.47. The van der Waals surface area contributed by atoms with Crippen molar-refractivity contribution in [3.05, 3.63) is 48.5 Å². The molecular weight excluding hydrogens is 580 g/mol. The van der Waals surface area contributed by atoms with Gasteiger partial charge in [-0.3, -0.25) is 4.90 Å². The van der Waals surface area contributed by atoms with Crippen LogP contribution in [-0.2, 0) is 11.3 Å². The lowest BCUT2D eigenvalue weighted by atomic mass is 10.0. The summed E-state index contributed by atoms with van der Waals surface area (Å²) in [6.07, 6.45) is 21.4. The first-order valence-electron chi connectivity index (χ1n) is 18.7. The Bertz CT molecular complexity index is 1370. The van der Waals surface area contributed by atoms with E-state index in [0.29, 0.717) is 39.0 Å². The Labute approximate surface area is 285 Å².